The lowest BCUT2D eigenvalue weighted by Crippen LogP contribution is -2.19. The first-order valence-corrected chi connectivity index (χ1v) is 8.57. The van der Waals surface area contributed by atoms with E-state index in [1.807, 2.05) is 0 Å². The van der Waals surface area contributed by atoms with Crippen molar-refractivity contribution in [2.45, 2.75) is 6.54 Å². The maximum absolute atomic E-state index is 13.2. The molecule has 9 heteroatoms. The quantitative estimate of drug-likeness (QED) is 0.568. The van der Waals surface area contributed by atoms with Gasteiger partial charge >= 0.3 is 0 Å². The van der Waals surface area contributed by atoms with Gasteiger partial charge in [-0.25, -0.2) is 8.78 Å². The van der Waals surface area contributed by atoms with E-state index in [1.165, 1.54) is 30.3 Å². The monoisotopic (exact) mass is 412 g/mol. The highest BCUT2D eigenvalue weighted by Crippen LogP contribution is 2.22. The number of benzene rings is 2. The summed E-state index contributed by atoms with van der Waals surface area (Å²) >= 11 is 17.1. The molecule has 0 unspecified atom stereocenters. The van der Waals surface area contributed by atoms with Crippen LogP contribution in [0, 0.1) is 11.6 Å². The molecule has 4 nitrogen and oxygen atoms in total. The van der Waals surface area contributed by atoms with Gasteiger partial charge in [0, 0.05) is 11.9 Å². The van der Waals surface area contributed by atoms with Gasteiger partial charge in [0.2, 0.25) is 0 Å². The van der Waals surface area contributed by atoms with Gasteiger partial charge in [0.1, 0.15) is 16.7 Å². The van der Waals surface area contributed by atoms with Crippen LogP contribution in [-0.4, -0.2) is 14.9 Å². The highest BCUT2D eigenvalue weighted by Gasteiger charge is 2.10. The van der Waals surface area contributed by atoms with Gasteiger partial charge in [-0.2, -0.15) is 5.10 Å². The second-order valence-corrected chi connectivity index (χ2v) is 6.58. The molecule has 0 aliphatic rings. The summed E-state index contributed by atoms with van der Waals surface area (Å²) in [7, 11) is 0. The van der Waals surface area contributed by atoms with Crippen molar-refractivity contribution in [1.82, 2.24) is 9.78 Å². The highest BCUT2D eigenvalue weighted by molar-refractivity contribution is 7.80. The van der Waals surface area contributed by atoms with Gasteiger partial charge in [-0.1, -0.05) is 35.3 Å². The molecule has 2 N–H and O–H groups in total. The van der Waals surface area contributed by atoms with Crippen molar-refractivity contribution in [3.63, 3.8) is 0 Å². The second kappa shape index (κ2) is 7.99. The Bertz CT molecular complexity index is 944. The molecule has 1 aromatic heterocycles. The van der Waals surface area contributed by atoms with Gasteiger partial charge < -0.3 is 10.6 Å². The summed E-state index contributed by atoms with van der Waals surface area (Å²) in [5.41, 5.74) is 1.40. The standard InChI is InChI=1S/C17H12Cl2F2N4S/c18-13-7-12(5-6-15(13)21)22-17(26)23-16-14(19)9-25(24-16)8-10-1-3-11(20)4-2-10/h1-7,9H,8H2,(H2,22,23,24,26). The summed E-state index contributed by atoms with van der Waals surface area (Å²) in [5, 5.41) is 10.6. The SMILES string of the molecule is Fc1ccc(Cn2cc(Cl)c(NC(=S)Nc3ccc(F)c(Cl)c3)n2)cc1. The van der Waals surface area contributed by atoms with E-state index in [4.69, 9.17) is 35.4 Å². The van der Waals surface area contributed by atoms with Crippen LogP contribution in [0.15, 0.2) is 48.7 Å². The zero-order valence-electron chi connectivity index (χ0n) is 13.1. The molecule has 0 spiro atoms. The van der Waals surface area contributed by atoms with Crippen LogP contribution in [0.2, 0.25) is 10.0 Å². The smallest absolute Gasteiger partial charge is 0.176 e. The zero-order chi connectivity index (χ0) is 18.7. The van der Waals surface area contributed by atoms with Crippen molar-refractivity contribution >= 4 is 52.0 Å². The molecule has 0 amide bonds. The van der Waals surface area contributed by atoms with Crippen LogP contribution in [0.4, 0.5) is 20.3 Å². The van der Waals surface area contributed by atoms with Gasteiger partial charge in [0.25, 0.3) is 0 Å². The molecule has 0 saturated carbocycles. The minimum Gasteiger partial charge on any atom is -0.332 e. The van der Waals surface area contributed by atoms with Crippen LogP contribution in [0.3, 0.4) is 0 Å². The minimum absolute atomic E-state index is 0.0144. The normalized spacial score (nSPS) is 10.6. The number of halogens is 4. The summed E-state index contributed by atoms with van der Waals surface area (Å²) in [6, 6.07) is 10.3. The van der Waals surface area contributed by atoms with Crippen molar-refractivity contribution in [1.29, 1.82) is 0 Å². The van der Waals surface area contributed by atoms with Crippen LogP contribution < -0.4 is 10.6 Å². The minimum atomic E-state index is -0.515. The summed E-state index contributed by atoms with van der Waals surface area (Å²) in [6.07, 6.45) is 1.63. The van der Waals surface area contributed by atoms with Crippen molar-refractivity contribution in [2.75, 3.05) is 10.6 Å². The first-order valence-electron chi connectivity index (χ1n) is 7.41. The second-order valence-electron chi connectivity index (χ2n) is 5.36. The molecule has 0 atom stereocenters. The van der Waals surface area contributed by atoms with Gasteiger partial charge in [-0.3, -0.25) is 4.68 Å². The molecular formula is C17H12Cl2F2N4S. The summed E-state index contributed by atoms with van der Waals surface area (Å²) < 4.78 is 27.7. The Morgan fingerprint density at radius 2 is 1.77 bits per heavy atom. The average Bonchev–Trinajstić information content (AvgIpc) is 2.92. The number of rotatable bonds is 4. The summed E-state index contributed by atoms with van der Waals surface area (Å²) in [6.45, 7) is 0.426. The predicted molar refractivity (Wildman–Crippen MR) is 104 cm³/mol. The molecule has 134 valence electrons. The van der Waals surface area contributed by atoms with Gasteiger partial charge in [-0.05, 0) is 48.1 Å². The Kier molecular flexibility index (Phi) is 5.70. The highest BCUT2D eigenvalue weighted by atomic mass is 35.5. The molecule has 2 aromatic carbocycles. The number of aromatic nitrogens is 2. The number of nitrogens with one attached hydrogen (secondary N) is 2. The maximum atomic E-state index is 13.2. The van der Waals surface area contributed by atoms with Crippen LogP contribution in [0.25, 0.3) is 0 Å². The third-order valence-electron chi connectivity index (χ3n) is 3.38. The molecule has 0 fully saturated rings. The van der Waals surface area contributed by atoms with Crippen LogP contribution >= 0.6 is 35.4 Å². The van der Waals surface area contributed by atoms with E-state index in [-0.39, 0.29) is 16.0 Å². The molecule has 0 aliphatic heterocycles. The number of hydrogen-bond donors (Lipinski definition) is 2. The van der Waals surface area contributed by atoms with Gasteiger partial charge in [-0.15, -0.1) is 0 Å². The molecular weight excluding hydrogens is 401 g/mol. The molecule has 3 rings (SSSR count). The maximum Gasteiger partial charge on any atom is 0.176 e. The first-order chi connectivity index (χ1) is 12.4. The Labute approximate surface area is 163 Å². The fourth-order valence-electron chi connectivity index (χ4n) is 2.18. The lowest BCUT2D eigenvalue weighted by Gasteiger charge is -2.09. The Hall–Kier alpha value is -2.22. The van der Waals surface area contributed by atoms with Gasteiger partial charge in [0.15, 0.2) is 10.9 Å². The van der Waals surface area contributed by atoms with Crippen LogP contribution in [0.1, 0.15) is 5.56 Å². The predicted octanol–water partition coefficient (Wildman–Crippen LogP) is 5.33. The van der Waals surface area contributed by atoms with E-state index in [1.54, 1.807) is 23.0 Å². The Morgan fingerprint density at radius 3 is 2.46 bits per heavy atom. The molecule has 0 aliphatic carbocycles. The number of thiocarbonyl (C=S) groups is 1. The van der Waals surface area contributed by atoms with Crippen LogP contribution in [0.5, 0.6) is 0 Å². The third-order valence-corrected chi connectivity index (χ3v) is 4.15. The first kappa shape index (κ1) is 18.6. The topological polar surface area (TPSA) is 41.9 Å². The van der Waals surface area contributed by atoms with Crippen molar-refractivity contribution < 1.29 is 8.78 Å². The van der Waals surface area contributed by atoms with E-state index < -0.39 is 5.82 Å². The molecule has 1 heterocycles. The van der Waals surface area contributed by atoms with Gasteiger partial charge in [0.05, 0.1) is 11.6 Å². The number of nitrogens with zero attached hydrogens (tertiary/aromatic N) is 2. The van der Waals surface area contributed by atoms with E-state index in [2.05, 4.69) is 15.7 Å². The average molecular weight is 413 g/mol. The van der Waals surface area contributed by atoms with E-state index >= 15 is 0 Å². The molecule has 0 radical (unpaired) electrons. The van der Waals surface area contributed by atoms with Crippen molar-refractivity contribution in [2.24, 2.45) is 0 Å². The summed E-state index contributed by atoms with van der Waals surface area (Å²) in [5.74, 6) is -0.454. The lowest BCUT2D eigenvalue weighted by molar-refractivity contribution is 0.624. The fourth-order valence-corrected chi connectivity index (χ4v) is 2.78. The summed E-state index contributed by atoms with van der Waals surface area (Å²) in [4.78, 5) is 0. The van der Waals surface area contributed by atoms with Crippen LogP contribution in [-0.2, 0) is 6.54 Å². The zero-order valence-corrected chi connectivity index (χ0v) is 15.5. The van der Waals surface area contributed by atoms with Crippen molar-refractivity contribution in [3.05, 3.63) is 75.9 Å². The van der Waals surface area contributed by atoms with Crippen molar-refractivity contribution in [3.8, 4) is 0 Å². The number of anilines is 2. The van der Waals surface area contributed by atoms with E-state index in [0.717, 1.165) is 5.56 Å². The Morgan fingerprint density at radius 1 is 1.04 bits per heavy atom. The lowest BCUT2D eigenvalue weighted by atomic mass is 10.2. The fraction of sp³-hybridized carbons (Fsp3) is 0.0588. The molecule has 0 bridgehead atoms. The third kappa shape index (κ3) is 4.69. The number of hydrogen-bond acceptors (Lipinski definition) is 2. The largest absolute Gasteiger partial charge is 0.332 e. The Balaban J connectivity index is 1.65. The molecule has 0 saturated heterocycles. The van der Waals surface area contributed by atoms with E-state index in [9.17, 15) is 8.78 Å². The molecule has 26 heavy (non-hydrogen) atoms. The van der Waals surface area contributed by atoms with E-state index in [0.29, 0.717) is 23.1 Å². The molecule has 3 aromatic rings.